The fraction of sp³-hybridized carbons (Fsp3) is 0.400. The van der Waals surface area contributed by atoms with Gasteiger partial charge in [0.15, 0.2) is 28.6 Å². The van der Waals surface area contributed by atoms with E-state index in [1.165, 1.54) is 11.8 Å². The largest absolute Gasteiger partial charge is 0.493 e. The molecule has 1 unspecified atom stereocenters. The maximum absolute atomic E-state index is 12.6. The van der Waals surface area contributed by atoms with Gasteiger partial charge in [0.2, 0.25) is 5.91 Å². The predicted molar refractivity (Wildman–Crippen MR) is 132 cm³/mol. The van der Waals surface area contributed by atoms with Crippen LogP contribution in [0.1, 0.15) is 43.8 Å². The Hall–Kier alpha value is -3.00. The minimum Gasteiger partial charge on any atom is -0.493 e. The van der Waals surface area contributed by atoms with Gasteiger partial charge >= 0.3 is 0 Å². The smallest absolute Gasteiger partial charge is 0.234 e. The summed E-state index contributed by atoms with van der Waals surface area (Å²) in [6.07, 6.45) is -0.342. The van der Waals surface area contributed by atoms with Gasteiger partial charge < -0.3 is 19.4 Å². The van der Waals surface area contributed by atoms with Gasteiger partial charge in [0.25, 0.3) is 0 Å². The van der Waals surface area contributed by atoms with Gasteiger partial charge in [0.05, 0.1) is 12.9 Å². The lowest BCUT2D eigenvalue weighted by Crippen LogP contribution is -2.17. The van der Waals surface area contributed by atoms with E-state index >= 15 is 0 Å². The number of amides is 1. The third-order valence-corrected chi connectivity index (χ3v) is 5.83. The Morgan fingerprint density at radius 2 is 1.73 bits per heavy atom. The number of ether oxygens (including phenoxy) is 2. The van der Waals surface area contributed by atoms with Crippen LogP contribution < -0.4 is 14.8 Å². The molecule has 7 nitrogen and oxygen atoms in total. The molecule has 1 N–H and O–H groups in total. The van der Waals surface area contributed by atoms with Crippen LogP contribution in [0.15, 0.2) is 47.6 Å². The highest BCUT2D eigenvalue weighted by Crippen LogP contribution is 2.31. The number of nitrogens with one attached hydrogen (secondary N) is 1. The molecule has 0 spiro atoms. The summed E-state index contributed by atoms with van der Waals surface area (Å²) in [5.41, 5.74) is 3.04. The Kier molecular flexibility index (Phi) is 8.38. The van der Waals surface area contributed by atoms with Gasteiger partial charge in [-0.15, -0.1) is 10.2 Å². The van der Waals surface area contributed by atoms with Crippen LogP contribution in [-0.4, -0.2) is 33.5 Å². The van der Waals surface area contributed by atoms with E-state index in [0.717, 1.165) is 23.4 Å². The van der Waals surface area contributed by atoms with E-state index in [9.17, 15) is 4.79 Å². The number of rotatable bonds is 10. The van der Waals surface area contributed by atoms with Gasteiger partial charge in [-0.1, -0.05) is 43.8 Å². The van der Waals surface area contributed by atoms with Gasteiger partial charge in [0.1, 0.15) is 0 Å². The molecule has 1 heterocycles. The third-order valence-electron chi connectivity index (χ3n) is 4.87. The van der Waals surface area contributed by atoms with E-state index in [0.29, 0.717) is 28.4 Å². The molecule has 0 aliphatic heterocycles. The maximum atomic E-state index is 12.6. The van der Waals surface area contributed by atoms with Crippen molar-refractivity contribution in [2.75, 3.05) is 18.2 Å². The number of hydrogen-bond donors (Lipinski definition) is 1. The van der Waals surface area contributed by atoms with Gasteiger partial charge in [0, 0.05) is 12.2 Å². The second-order valence-corrected chi connectivity index (χ2v) is 9.41. The van der Waals surface area contributed by atoms with Crippen molar-refractivity contribution in [1.82, 2.24) is 14.8 Å². The number of anilines is 1. The van der Waals surface area contributed by atoms with Gasteiger partial charge in [-0.05, 0) is 62.1 Å². The monoisotopic (exact) mass is 468 g/mol. The van der Waals surface area contributed by atoms with Crippen molar-refractivity contribution < 1.29 is 14.3 Å². The number of methoxy groups -OCH3 is 1. The fourth-order valence-electron chi connectivity index (χ4n) is 3.58. The van der Waals surface area contributed by atoms with E-state index in [1.54, 1.807) is 7.11 Å². The fourth-order valence-corrected chi connectivity index (χ4v) is 4.33. The van der Waals surface area contributed by atoms with Crippen LogP contribution in [0.4, 0.5) is 5.69 Å². The molecular weight excluding hydrogens is 436 g/mol. The van der Waals surface area contributed by atoms with Crippen molar-refractivity contribution in [3.05, 3.63) is 59.4 Å². The quantitative estimate of drug-likeness (QED) is 0.400. The average Bonchev–Trinajstić information content (AvgIpc) is 3.13. The average molecular weight is 469 g/mol. The zero-order chi connectivity index (χ0) is 24.0. The molecule has 1 amide bonds. The molecule has 0 fully saturated rings. The van der Waals surface area contributed by atoms with Crippen LogP contribution in [0.25, 0.3) is 0 Å². The minimum atomic E-state index is -0.342. The number of nitrogens with zero attached hydrogens (tertiary/aromatic N) is 3. The molecule has 0 radical (unpaired) electrons. The number of thioether (sulfide) groups is 1. The predicted octanol–water partition coefficient (Wildman–Crippen LogP) is 5.43. The number of benzene rings is 2. The molecule has 0 bridgehead atoms. The highest BCUT2D eigenvalue weighted by molar-refractivity contribution is 7.99. The Morgan fingerprint density at radius 3 is 2.36 bits per heavy atom. The van der Waals surface area contributed by atoms with Crippen molar-refractivity contribution in [1.29, 1.82) is 0 Å². The van der Waals surface area contributed by atoms with Crippen LogP contribution in [0.5, 0.6) is 11.5 Å². The number of para-hydroxylation sites is 2. The highest BCUT2D eigenvalue weighted by Gasteiger charge is 2.22. The van der Waals surface area contributed by atoms with E-state index < -0.39 is 0 Å². The highest BCUT2D eigenvalue weighted by atomic mass is 32.2. The number of carbonyl (C=O) groups is 1. The van der Waals surface area contributed by atoms with Gasteiger partial charge in [-0.25, -0.2) is 0 Å². The lowest BCUT2D eigenvalue weighted by atomic mass is 10.1. The molecule has 8 heteroatoms. The summed E-state index contributed by atoms with van der Waals surface area (Å²) in [6, 6.07) is 13.5. The van der Waals surface area contributed by atoms with Gasteiger partial charge in [-0.2, -0.15) is 0 Å². The molecule has 3 aromatic rings. The molecule has 1 aromatic heterocycles. The van der Waals surface area contributed by atoms with Crippen LogP contribution in [0.2, 0.25) is 0 Å². The van der Waals surface area contributed by atoms with Crippen molar-refractivity contribution in [3.63, 3.8) is 0 Å². The van der Waals surface area contributed by atoms with E-state index in [-0.39, 0.29) is 17.8 Å². The van der Waals surface area contributed by atoms with Crippen molar-refractivity contribution in [3.8, 4) is 11.5 Å². The lowest BCUT2D eigenvalue weighted by molar-refractivity contribution is -0.113. The Bertz CT molecular complexity index is 1080. The van der Waals surface area contributed by atoms with Crippen LogP contribution in [-0.2, 0) is 11.3 Å². The Labute approximate surface area is 199 Å². The van der Waals surface area contributed by atoms with Crippen LogP contribution in [0.3, 0.4) is 0 Å². The van der Waals surface area contributed by atoms with Crippen molar-refractivity contribution in [2.45, 2.75) is 52.4 Å². The normalized spacial score (nSPS) is 12.0. The molecule has 0 aliphatic carbocycles. The number of aryl methyl sites for hydroxylation is 2. The second kappa shape index (κ2) is 11.2. The minimum absolute atomic E-state index is 0.0797. The third kappa shape index (κ3) is 6.74. The SMILES string of the molecule is COc1ccccc1OC(C)c1nnc(SCC(=O)Nc2cc(C)cc(C)c2)n1CC(C)C. The summed E-state index contributed by atoms with van der Waals surface area (Å²) in [4.78, 5) is 12.6. The lowest BCUT2D eigenvalue weighted by Gasteiger charge is -2.19. The van der Waals surface area contributed by atoms with Crippen molar-refractivity contribution in [2.24, 2.45) is 5.92 Å². The molecule has 1 atom stereocenters. The first-order valence-corrected chi connectivity index (χ1v) is 12.0. The van der Waals surface area contributed by atoms with Crippen LogP contribution in [0, 0.1) is 19.8 Å². The molecule has 176 valence electrons. The van der Waals surface area contributed by atoms with E-state index in [4.69, 9.17) is 9.47 Å². The molecular formula is C25H32N4O3S. The summed E-state index contributed by atoms with van der Waals surface area (Å²) >= 11 is 1.37. The molecule has 3 rings (SSSR count). The standard InChI is InChI=1S/C25H32N4O3S/c1-16(2)14-29-24(19(5)32-22-10-8-7-9-21(22)31-6)27-28-25(29)33-15-23(30)26-20-12-17(3)11-18(4)13-20/h7-13,16,19H,14-15H2,1-6H3,(H,26,30). The molecule has 0 aliphatic rings. The first-order valence-electron chi connectivity index (χ1n) is 11.0. The van der Waals surface area contributed by atoms with Crippen molar-refractivity contribution >= 4 is 23.4 Å². The Balaban J connectivity index is 1.72. The first-order chi connectivity index (χ1) is 15.8. The van der Waals surface area contributed by atoms with Gasteiger partial charge in [-0.3, -0.25) is 4.79 Å². The number of aromatic nitrogens is 3. The molecule has 33 heavy (non-hydrogen) atoms. The zero-order valence-electron chi connectivity index (χ0n) is 20.1. The number of hydrogen-bond acceptors (Lipinski definition) is 6. The summed E-state index contributed by atoms with van der Waals surface area (Å²) in [5, 5.41) is 12.4. The first kappa shape index (κ1) is 24.6. The molecule has 0 saturated heterocycles. The summed E-state index contributed by atoms with van der Waals surface area (Å²) in [5.74, 6) is 2.56. The topological polar surface area (TPSA) is 78.3 Å². The summed E-state index contributed by atoms with van der Waals surface area (Å²) < 4.78 is 13.6. The second-order valence-electron chi connectivity index (χ2n) is 8.47. The van der Waals surface area contributed by atoms with E-state index in [2.05, 4.69) is 35.4 Å². The number of carbonyl (C=O) groups excluding carboxylic acids is 1. The zero-order valence-corrected chi connectivity index (χ0v) is 20.9. The Morgan fingerprint density at radius 1 is 1.06 bits per heavy atom. The molecule has 2 aromatic carbocycles. The van der Waals surface area contributed by atoms with Crippen LogP contribution >= 0.6 is 11.8 Å². The summed E-state index contributed by atoms with van der Waals surface area (Å²) in [6.45, 7) is 11.0. The molecule has 0 saturated carbocycles. The maximum Gasteiger partial charge on any atom is 0.234 e. The summed E-state index contributed by atoms with van der Waals surface area (Å²) in [7, 11) is 1.62. The van der Waals surface area contributed by atoms with E-state index in [1.807, 2.05) is 61.7 Å².